The van der Waals surface area contributed by atoms with Gasteiger partial charge in [-0.1, -0.05) is 49.4 Å². The number of aryl methyl sites for hydroxylation is 1. The normalized spacial score (nSPS) is 18.0. The van der Waals surface area contributed by atoms with Gasteiger partial charge < -0.3 is 4.74 Å². The number of carbonyl (C=O) groups is 2. The molecule has 0 bridgehead atoms. The van der Waals surface area contributed by atoms with E-state index >= 15 is 0 Å². The second-order valence-corrected chi connectivity index (χ2v) is 9.09. The minimum Gasteiger partial charge on any atom is -0.489 e. The van der Waals surface area contributed by atoms with Crippen LogP contribution in [0.2, 0.25) is 0 Å². The number of Topliss-reactive ketones (excluding diaryl/α,β-unsaturated/α-hetero) is 1. The first-order chi connectivity index (χ1) is 17.0. The number of carbonyl (C=O) groups excluding carboxylic acids is 2. The maximum Gasteiger partial charge on any atom is 0.232 e. The molecule has 1 atom stereocenters. The second-order valence-electron chi connectivity index (χ2n) is 9.09. The molecule has 3 aromatic carbocycles. The molecule has 0 saturated carbocycles. The van der Waals surface area contributed by atoms with Gasteiger partial charge in [-0.3, -0.25) is 14.5 Å². The number of hydrogen-bond acceptors (Lipinski definition) is 3. The number of anilines is 1. The number of nitrogens with zero attached hydrogens (tertiary/aromatic N) is 1. The Hall–Kier alpha value is -3.73. The Morgan fingerprint density at radius 2 is 1.69 bits per heavy atom. The van der Waals surface area contributed by atoms with E-state index in [-0.39, 0.29) is 36.5 Å². The van der Waals surface area contributed by atoms with Gasteiger partial charge in [0.05, 0.1) is 0 Å². The summed E-state index contributed by atoms with van der Waals surface area (Å²) in [6, 6.07) is 22.0. The molecule has 1 aliphatic carbocycles. The molecule has 1 aliphatic heterocycles. The first-order valence-corrected chi connectivity index (χ1v) is 12.2. The van der Waals surface area contributed by atoms with Crippen LogP contribution in [0.3, 0.4) is 0 Å². The van der Waals surface area contributed by atoms with Crippen LogP contribution < -0.4 is 9.64 Å². The van der Waals surface area contributed by atoms with Gasteiger partial charge in [0.1, 0.15) is 18.2 Å². The Balaban J connectivity index is 1.42. The van der Waals surface area contributed by atoms with Gasteiger partial charge in [-0.2, -0.15) is 0 Å². The number of ketones is 1. The summed E-state index contributed by atoms with van der Waals surface area (Å²) in [5, 5.41) is 0. The molecule has 178 valence electrons. The first-order valence-electron chi connectivity index (χ1n) is 12.2. The molecule has 35 heavy (non-hydrogen) atoms. The summed E-state index contributed by atoms with van der Waals surface area (Å²) >= 11 is 0. The van der Waals surface area contributed by atoms with Crippen molar-refractivity contribution >= 4 is 17.4 Å². The minimum atomic E-state index is -0.297. The topological polar surface area (TPSA) is 46.6 Å². The predicted molar refractivity (Wildman–Crippen MR) is 134 cm³/mol. The van der Waals surface area contributed by atoms with Gasteiger partial charge in [0.2, 0.25) is 5.91 Å². The van der Waals surface area contributed by atoms with Crippen LogP contribution in [0.15, 0.2) is 84.1 Å². The zero-order valence-electron chi connectivity index (χ0n) is 19.8. The highest BCUT2D eigenvalue weighted by atomic mass is 19.1. The van der Waals surface area contributed by atoms with Gasteiger partial charge in [0, 0.05) is 41.3 Å². The lowest BCUT2D eigenvalue weighted by atomic mass is 9.77. The average Bonchev–Trinajstić information content (AvgIpc) is 2.88. The highest BCUT2D eigenvalue weighted by molar-refractivity contribution is 6.07. The largest absolute Gasteiger partial charge is 0.489 e. The summed E-state index contributed by atoms with van der Waals surface area (Å²) in [6.07, 6.45) is 3.15. The van der Waals surface area contributed by atoms with E-state index in [1.165, 1.54) is 11.6 Å². The monoisotopic (exact) mass is 469 g/mol. The molecule has 1 amide bonds. The summed E-state index contributed by atoms with van der Waals surface area (Å²) in [5.74, 6) is 0.179. The molecular weight excluding hydrogens is 441 g/mol. The molecule has 5 rings (SSSR count). The van der Waals surface area contributed by atoms with Crippen LogP contribution in [-0.4, -0.2) is 11.7 Å². The fourth-order valence-corrected chi connectivity index (χ4v) is 5.03. The molecule has 2 aliphatic rings. The third-order valence-electron chi connectivity index (χ3n) is 6.91. The second kappa shape index (κ2) is 9.87. The van der Waals surface area contributed by atoms with Crippen molar-refractivity contribution in [3.05, 3.63) is 107 Å². The standard InChI is InChI=1S/C30H28FNO3/c1-2-20-10-14-23(15-11-20)32-27-8-5-9-28(33)30(27)25(18-29(32)34)21-12-16-24(17-13-21)35-19-22-6-3-4-7-26(22)31/h3-4,6-7,10-17,25H,2,5,8-9,18-19H2,1H3. The summed E-state index contributed by atoms with van der Waals surface area (Å²) < 4.78 is 19.6. The van der Waals surface area contributed by atoms with Crippen LogP contribution in [0.25, 0.3) is 0 Å². The summed E-state index contributed by atoms with van der Waals surface area (Å²) in [6.45, 7) is 2.23. The summed E-state index contributed by atoms with van der Waals surface area (Å²) in [5.41, 5.74) is 5.04. The van der Waals surface area contributed by atoms with Gasteiger partial charge in [-0.15, -0.1) is 0 Å². The van der Waals surface area contributed by atoms with Crippen LogP contribution in [0.4, 0.5) is 10.1 Å². The number of benzene rings is 3. The average molecular weight is 470 g/mol. The SMILES string of the molecule is CCc1ccc(N2C(=O)CC(c3ccc(OCc4ccccc4F)cc3)C3=C2CCCC3=O)cc1. The highest BCUT2D eigenvalue weighted by Gasteiger charge is 2.39. The lowest BCUT2D eigenvalue weighted by molar-refractivity contribution is -0.119. The minimum absolute atomic E-state index is 0.00702. The van der Waals surface area contributed by atoms with Crippen molar-refractivity contribution in [1.82, 2.24) is 0 Å². The van der Waals surface area contributed by atoms with E-state index in [2.05, 4.69) is 6.92 Å². The van der Waals surface area contributed by atoms with Crippen molar-refractivity contribution in [1.29, 1.82) is 0 Å². The van der Waals surface area contributed by atoms with Crippen molar-refractivity contribution in [2.24, 2.45) is 0 Å². The molecule has 0 radical (unpaired) electrons. The Kier molecular flexibility index (Phi) is 6.49. The van der Waals surface area contributed by atoms with Crippen molar-refractivity contribution in [2.75, 3.05) is 4.90 Å². The number of hydrogen-bond donors (Lipinski definition) is 0. The number of rotatable bonds is 6. The van der Waals surface area contributed by atoms with E-state index in [4.69, 9.17) is 4.74 Å². The fraction of sp³-hybridized carbons (Fsp3) is 0.267. The van der Waals surface area contributed by atoms with Crippen LogP contribution in [-0.2, 0) is 22.6 Å². The lowest BCUT2D eigenvalue weighted by Crippen LogP contribution is -2.40. The lowest BCUT2D eigenvalue weighted by Gasteiger charge is -2.38. The zero-order chi connectivity index (χ0) is 24.4. The van der Waals surface area contributed by atoms with E-state index < -0.39 is 0 Å². The van der Waals surface area contributed by atoms with E-state index in [0.29, 0.717) is 24.2 Å². The maximum absolute atomic E-state index is 13.9. The van der Waals surface area contributed by atoms with Crippen molar-refractivity contribution in [3.8, 4) is 5.75 Å². The quantitative estimate of drug-likeness (QED) is 0.414. The fourth-order valence-electron chi connectivity index (χ4n) is 5.03. The maximum atomic E-state index is 13.9. The Labute approximate surface area is 205 Å². The Morgan fingerprint density at radius 1 is 0.943 bits per heavy atom. The van der Waals surface area contributed by atoms with Crippen LogP contribution in [0.1, 0.15) is 55.2 Å². The van der Waals surface area contributed by atoms with Crippen molar-refractivity contribution in [3.63, 3.8) is 0 Å². The molecule has 1 unspecified atom stereocenters. The summed E-state index contributed by atoms with van der Waals surface area (Å²) in [7, 11) is 0. The molecule has 0 saturated heterocycles. The van der Waals surface area contributed by atoms with E-state index in [0.717, 1.165) is 35.4 Å². The Bertz CT molecular complexity index is 1280. The molecule has 0 fully saturated rings. The van der Waals surface area contributed by atoms with Crippen molar-refractivity contribution < 1.29 is 18.7 Å². The van der Waals surface area contributed by atoms with Gasteiger partial charge in [-0.05, 0) is 60.7 Å². The number of amides is 1. The zero-order valence-corrected chi connectivity index (χ0v) is 19.8. The molecule has 5 heteroatoms. The van der Waals surface area contributed by atoms with Crippen molar-refractivity contribution in [2.45, 2.75) is 51.6 Å². The van der Waals surface area contributed by atoms with Gasteiger partial charge in [0.15, 0.2) is 5.78 Å². The van der Waals surface area contributed by atoms with Crippen LogP contribution >= 0.6 is 0 Å². The molecular formula is C30H28FNO3. The van der Waals surface area contributed by atoms with Crippen LogP contribution in [0, 0.1) is 5.82 Å². The molecule has 3 aromatic rings. The third-order valence-corrected chi connectivity index (χ3v) is 6.91. The number of halogens is 1. The Morgan fingerprint density at radius 3 is 2.40 bits per heavy atom. The van der Waals surface area contributed by atoms with E-state index in [1.807, 2.05) is 48.5 Å². The molecule has 0 spiro atoms. The number of ether oxygens (including phenoxy) is 1. The van der Waals surface area contributed by atoms with E-state index in [9.17, 15) is 14.0 Å². The smallest absolute Gasteiger partial charge is 0.232 e. The summed E-state index contributed by atoms with van der Waals surface area (Å²) in [4.78, 5) is 28.2. The third kappa shape index (κ3) is 4.63. The van der Waals surface area contributed by atoms with Gasteiger partial charge in [-0.25, -0.2) is 4.39 Å². The molecule has 1 heterocycles. The first kappa shape index (κ1) is 23.0. The number of allylic oxidation sites excluding steroid dienone is 2. The molecule has 4 nitrogen and oxygen atoms in total. The van der Waals surface area contributed by atoms with E-state index in [1.54, 1.807) is 23.1 Å². The van der Waals surface area contributed by atoms with Gasteiger partial charge in [0.25, 0.3) is 0 Å². The molecule has 0 N–H and O–H groups in total. The van der Waals surface area contributed by atoms with Gasteiger partial charge >= 0.3 is 0 Å². The van der Waals surface area contributed by atoms with Crippen LogP contribution in [0.5, 0.6) is 5.75 Å². The molecule has 0 aromatic heterocycles. The predicted octanol–water partition coefficient (Wildman–Crippen LogP) is 6.49. The highest BCUT2D eigenvalue weighted by Crippen LogP contribution is 2.43.